The second kappa shape index (κ2) is 25.7. The Balaban J connectivity index is -0.0000000750. The molecular weight excluding hydrogens is 157 g/mol. The van der Waals surface area contributed by atoms with Crippen molar-refractivity contribution in [2.75, 3.05) is 20.3 Å². The smallest absolute Gasteiger partial charge is 0.853 e. The molecule has 0 radical (unpaired) electrons. The molecule has 46 valence electrons. The van der Waals surface area contributed by atoms with Crippen molar-refractivity contribution in [1.82, 2.24) is 0 Å². The van der Waals surface area contributed by atoms with Crippen LogP contribution in [0.3, 0.4) is 0 Å². The molecule has 0 aliphatic rings. The minimum absolute atomic E-state index is 0. The van der Waals surface area contributed by atoms with Crippen LogP contribution in [-0.2, 0) is 24.2 Å². The van der Waals surface area contributed by atoms with Crippen molar-refractivity contribution in [3.05, 3.63) is 6.92 Å². The van der Waals surface area contributed by atoms with Crippen molar-refractivity contribution in [2.45, 2.75) is 6.92 Å². The van der Waals surface area contributed by atoms with Gasteiger partial charge in [-0.15, -0.1) is 6.61 Å². The molecule has 0 atom stereocenters. The van der Waals surface area contributed by atoms with Gasteiger partial charge in [-0.2, -0.15) is 6.92 Å². The summed E-state index contributed by atoms with van der Waals surface area (Å²) < 4.78 is 4.38. The summed E-state index contributed by atoms with van der Waals surface area (Å²) in [5.41, 5.74) is 0. The van der Waals surface area contributed by atoms with Crippen molar-refractivity contribution in [3.63, 3.8) is 0 Å². The van der Waals surface area contributed by atoms with Crippen molar-refractivity contribution < 1.29 is 29.3 Å². The Labute approximate surface area is 64.0 Å². The average molecular weight is 170 g/mol. The Hall–Kier alpha value is 0.543. The first-order valence-corrected chi connectivity index (χ1v) is 2.19. The number of ether oxygens (including phenoxy) is 1. The number of hydrogen-bond acceptors (Lipinski definition) is 2. The fourth-order valence-electron chi connectivity index (χ4n) is 0.0833. The summed E-state index contributed by atoms with van der Waals surface area (Å²) in [5, 5.41) is 9.40. The van der Waals surface area contributed by atoms with Crippen molar-refractivity contribution in [1.29, 1.82) is 0 Å². The van der Waals surface area contributed by atoms with Crippen LogP contribution in [0.5, 0.6) is 0 Å². The van der Waals surface area contributed by atoms with Crippen LogP contribution in [0.15, 0.2) is 0 Å². The van der Waals surface area contributed by atoms with Gasteiger partial charge in [0.25, 0.3) is 0 Å². The maximum atomic E-state index is 9.40. The number of rotatable bonds is 2. The summed E-state index contributed by atoms with van der Waals surface area (Å²) in [4.78, 5) is 0. The Bertz CT molecular complexity index is 17.9. The molecule has 8 heavy (non-hydrogen) atoms. The van der Waals surface area contributed by atoms with Crippen LogP contribution in [-0.4, -0.2) is 20.3 Å². The van der Waals surface area contributed by atoms with Gasteiger partial charge in [0.15, 0.2) is 0 Å². The van der Waals surface area contributed by atoms with E-state index in [4.69, 9.17) is 0 Å². The Kier molecular flexibility index (Phi) is 50.9. The van der Waals surface area contributed by atoms with Crippen LogP contribution < -0.4 is 5.11 Å². The zero-order valence-electron chi connectivity index (χ0n) is 5.64. The number of methoxy groups -OCH3 is 1. The third kappa shape index (κ3) is 31.1. The zero-order valence-corrected chi connectivity index (χ0v) is 8.61. The molecule has 0 amide bonds. The molecule has 0 N–H and O–H groups in total. The molecule has 0 saturated carbocycles. The zero-order chi connectivity index (χ0) is 6.12. The standard InChI is InChI=1S/C3H7O2.C2H5.Zn/c1-5-3-2-4;1-2;/h2-3H2,1H3;1H2,2H3;/q2*-1;+2. The second-order valence-corrected chi connectivity index (χ2v) is 0.697. The van der Waals surface area contributed by atoms with Gasteiger partial charge in [-0.25, -0.2) is 0 Å². The van der Waals surface area contributed by atoms with Gasteiger partial charge in [0.1, 0.15) is 0 Å². The maximum Gasteiger partial charge on any atom is 2.00 e. The van der Waals surface area contributed by atoms with Gasteiger partial charge in [0.2, 0.25) is 0 Å². The summed E-state index contributed by atoms with van der Waals surface area (Å²) in [6.45, 7) is 5.20. The third-order valence-electron chi connectivity index (χ3n) is 0.287. The summed E-state index contributed by atoms with van der Waals surface area (Å²) in [7, 11) is 1.51. The Morgan fingerprint density at radius 1 is 1.50 bits per heavy atom. The monoisotopic (exact) mass is 168 g/mol. The average Bonchev–Trinajstić information content (AvgIpc) is 1.75. The SMILES string of the molecule is COCC[O-].[CH2-]C.[Zn+2]. The van der Waals surface area contributed by atoms with Crippen LogP contribution in [0, 0.1) is 6.92 Å². The first-order chi connectivity index (χ1) is 3.41. The summed E-state index contributed by atoms with van der Waals surface area (Å²) in [6.07, 6.45) is 0. The molecule has 0 aliphatic carbocycles. The van der Waals surface area contributed by atoms with Crippen LogP contribution in [0.4, 0.5) is 0 Å². The van der Waals surface area contributed by atoms with Crippen LogP contribution in [0.1, 0.15) is 6.92 Å². The molecule has 0 aromatic rings. The van der Waals surface area contributed by atoms with E-state index in [1.54, 1.807) is 6.92 Å². The third-order valence-corrected chi connectivity index (χ3v) is 0.287. The fourth-order valence-corrected chi connectivity index (χ4v) is 0.0833. The van der Waals surface area contributed by atoms with E-state index in [9.17, 15) is 5.11 Å². The van der Waals surface area contributed by atoms with E-state index in [-0.39, 0.29) is 26.1 Å². The molecule has 2 nitrogen and oxygen atoms in total. The van der Waals surface area contributed by atoms with Gasteiger partial charge in [0.05, 0.1) is 0 Å². The maximum absolute atomic E-state index is 9.40. The van der Waals surface area contributed by atoms with Crippen molar-refractivity contribution in [2.24, 2.45) is 0 Å². The van der Waals surface area contributed by atoms with E-state index in [2.05, 4.69) is 11.7 Å². The van der Waals surface area contributed by atoms with E-state index in [1.807, 2.05) is 0 Å². The second-order valence-electron chi connectivity index (χ2n) is 0.697. The van der Waals surface area contributed by atoms with Gasteiger partial charge in [0, 0.05) is 13.7 Å². The van der Waals surface area contributed by atoms with Crippen molar-refractivity contribution >= 4 is 0 Å². The molecule has 0 fully saturated rings. The van der Waals surface area contributed by atoms with E-state index in [1.165, 1.54) is 7.11 Å². The predicted molar refractivity (Wildman–Crippen MR) is 27.8 cm³/mol. The molecule has 0 aliphatic heterocycles. The van der Waals surface area contributed by atoms with Crippen LogP contribution >= 0.6 is 0 Å². The van der Waals surface area contributed by atoms with Gasteiger partial charge >= 0.3 is 19.5 Å². The van der Waals surface area contributed by atoms with Crippen LogP contribution in [0.25, 0.3) is 0 Å². The molecule has 3 heteroatoms. The Morgan fingerprint density at radius 3 is 1.88 bits per heavy atom. The first kappa shape index (κ1) is 15.8. The van der Waals surface area contributed by atoms with Gasteiger partial charge in [-0.3, -0.25) is 0 Å². The van der Waals surface area contributed by atoms with E-state index in [0.29, 0.717) is 6.61 Å². The molecule has 0 unspecified atom stereocenters. The molecule has 0 rings (SSSR count). The summed E-state index contributed by atoms with van der Waals surface area (Å²) in [6, 6.07) is 0. The molecule has 0 heterocycles. The van der Waals surface area contributed by atoms with Gasteiger partial charge in [-0.05, 0) is 0 Å². The molecule has 0 aromatic heterocycles. The van der Waals surface area contributed by atoms with E-state index in [0.717, 1.165) is 0 Å². The topological polar surface area (TPSA) is 32.3 Å². The fraction of sp³-hybridized carbons (Fsp3) is 0.800. The minimum atomic E-state index is -0.128. The molecule has 0 spiro atoms. The van der Waals surface area contributed by atoms with Crippen LogP contribution in [0.2, 0.25) is 0 Å². The van der Waals surface area contributed by atoms with E-state index >= 15 is 0 Å². The van der Waals surface area contributed by atoms with Crippen molar-refractivity contribution in [3.8, 4) is 0 Å². The Morgan fingerprint density at radius 2 is 1.88 bits per heavy atom. The van der Waals surface area contributed by atoms with Gasteiger partial charge < -0.3 is 16.8 Å². The quantitative estimate of drug-likeness (QED) is 0.425. The minimum Gasteiger partial charge on any atom is -0.853 e. The first-order valence-electron chi connectivity index (χ1n) is 2.19. The number of hydrogen-bond donors (Lipinski definition) is 0. The largest absolute Gasteiger partial charge is 2.00 e. The van der Waals surface area contributed by atoms with Gasteiger partial charge in [-0.1, -0.05) is 0 Å². The predicted octanol–water partition coefficient (Wildman–Crippen LogP) is -0.169. The normalized spacial score (nSPS) is 6.00. The summed E-state index contributed by atoms with van der Waals surface area (Å²) in [5.74, 6) is 0. The van der Waals surface area contributed by atoms with E-state index < -0.39 is 0 Å². The molecule has 0 bridgehead atoms. The molecule has 0 saturated heterocycles. The molecular formula is C5H12O2Zn. The summed E-state index contributed by atoms with van der Waals surface area (Å²) >= 11 is 0. The molecule has 0 aromatic carbocycles.